The SMILES string of the molecule is CC(CN)C(=O)NC1CCCCC1C(N)=O. The topological polar surface area (TPSA) is 98.2 Å². The van der Waals surface area contributed by atoms with E-state index in [0.717, 1.165) is 25.7 Å². The maximum atomic E-state index is 11.7. The first-order valence-corrected chi connectivity index (χ1v) is 5.86. The van der Waals surface area contributed by atoms with E-state index in [4.69, 9.17) is 11.5 Å². The molecule has 0 heterocycles. The largest absolute Gasteiger partial charge is 0.369 e. The third kappa shape index (κ3) is 3.20. The molecule has 5 heteroatoms. The van der Waals surface area contributed by atoms with Gasteiger partial charge < -0.3 is 16.8 Å². The summed E-state index contributed by atoms with van der Waals surface area (Å²) in [5.74, 6) is -0.829. The Bertz CT molecular complexity index is 268. The molecule has 2 amide bonds. The predicted octanol–water partition coefficient (Wildman–Crippen LogP) is -0.258. The Morgan fingerprint density at radius 3 is 2.56 bits per heavy atom. The van der Waals surface area contributed by atoms with Gasteiger partial charge in [0.15, 0.2) is 0 Å². The number of hydrogen-bond acceptors (Lipinski definition) is 3. The Morgan fingerprint density at radius 2 is 2.00 bits per heavy atom. The summed E-state index contributed by atoms with van der Waals surface area (Å²) in [6, 6.07) is -0.104. The number of carbonyl (C=O) groups is 2. The van der Waals surface area contributed by atoms with Crippen molar-refractivity contribution in [3.8, 4) is 0 Å². The third-order valence-corrected chi connectivity index (χ3v) is 3.26. The molecule has 92 valence electrons. The highest BCUT2D eigenvalue weighted by atomic mass is 16.2. The minimum absolute atomic E-state index is 0.0827. The molecule has 0 spiro atoms. The van der Waals surface area contributed by atoms with Crippen LogP contribution in [-0.4, -0.2) is 24.4 Å². The molecule has 0 bridgehead atoms. The fourth-order valence-corrected chi connectivity index (χ4v) is 2.08. The normalized spacial score (nSPS) is 27.1. The van der Waals surface area contributed by atoms with Crippen LogP contribution in [0.4, 0.5) is 0 Å². The van der Waals surface area contributed by atoms with E-state index < -0.39 is 0 Å². The van der Waals surface area contributed by atoms with E-state index in [0.29, 0.717) is 6.54 Å². The number of amides is 2. The summed E-state index contributed by atoms with van der Waals surface area (Å²) in [7, 11) is 0. The Balaban J connectivity index is 2.56. The van der Waals surface area contributed by atoms with Gasteiger partial charge in [-0.15, -0.1) is 0 Å². The number of nitrogens with two attached hydrogens (primary N) is 2. The van der Waals surface area contributed by atoms with Gasteiger partial charge in [0.2, 0.25) is 11.8 Å². The lowest BCUT2D eigenvalue weighted by Gasteiger charge is -2.30. The van der Waals surface area contributed by atoms with Gasteiger partial charge in [0.05, 0.1) is 5.92 Å². The minimum Gasteiger partial charge on any atom is -0.369 e. The van der Waals surface area contributed by atoms with Crippen molar-refractivity contribution < 1.29 is 9.59 Å². The van der Waals surface area contributed by atoms with Gasteiger partial charge in [0, 0.05) is 18.5 Å². The van der Waals surface area contributed by atoms with E-state index in [-0.39, 0.29) is 29.7 Å². The van der Waals surface area contributed by atoms with Crippen LogP contribution in [0.1, 0.15) is 32.6 Å². The van der Waals surface area contributed by atoms with Crippen LogP contribution in [0.2, 0.25) is 0 Å². The molecule has 1 fully saturated rings. The summed E-state index contributed by atoms with van der Waals surface area (Å²) in [4.78, 5) is 22.9. The molecule has 3 unspecified atom stereocenters. The van der Waals surface area contributed by atoms with E-state index in [2.05, 4.69) is 5.32 Å². The highest BCUT2D eigenvalue weighted by Gasteiger charge is 2.31. The Morgan fingerprint density at radius 1 is 1.38 bits per heavy atom. The van der Waals surface area contributed by atoms with Crippen LogP contribution in [0.25, 0.3) is 0 Å². The maximum absolute atomic E-state index is 11.7. The van der Waals surface area contributed by atoms with Gasteiger partial charge in [-0.3, -0.25) is 9.59 Å². The molecule has 0 aliphatic heterocycles. The first-order valence-electron chi connectivity index (χ1n) is 5.86. The molecule has 1 aliphatic carbocycles. The molecular formula is C11H21N3O2. The first-order chi connectivity index (χ1) is 7.56. The van der Waals surface area contributed by atoms with Crippen LogP contribution in [-0.2, 0) is 9.59 Å². The zero-order valence-electron chi connectivity index (χ0n) is 9.74. The Kier molecular flexibility index (Phi) is 4.73. The first kappa shape index (κ1) is 13.0. The van der Waals surface area contributed by atoms with Gasteiger partial charge in [-0.25, -0.2) is 0 Å². The molecule has 1 rings (SSSR count). The van der Waals surface area contributed by atoms with E-state index in [1.807, 2.05) is 0 Å². The molecule has 5 nitrogen and oxygen atoms in total. The highest BCUT2D eigenvalue weighted by molar-refractivity contribution is 5.81. The second kappa shape index (κ2) is 5.84. The molecule has 5 N–H and O–H groups in total. The second-order valence-electron chi connectivity index (χ2n) is 4.55. The standard InChI is InChI=1S/C11H21N3O2/c1-7(6-12)11(16)14-9-5-3-2-4-8(9)10(13)15/h7-9H,2-6,12H2,1H3,(H2,13,15)(H,14,16). The highest BCUT2D eigenvalue weighted by Crippen LogP contribution is 2.24. The van der Waals surface area contributed by atoms with Gasteiger partial charge in [-0.05, 0) is 12.8 Å². The van der Waals surface area contributed by atoms with Crippen LogP contribution < -0.4 is 16.8 Å². The lowest BCUT2D eigenvalue weighted by Crippen LogP contribution is -2.49. The molecule has 0 saturated heterocycles. The van der Waals surface area contributed by atoms with Crippen molar-refractivity contribution in [1.29, 1.82) is 0 Å². The molecule has 0 radical (unpaired) electrons. The average Bonchev–Trinajstić information content (AvgIpc) is 2.28. The monoisotopic (exact) mass is 227 g/mol. The van der Waals surface area contributed by atoms with E-state index in [1.165, 1.54) is 0 Å². The van der Waals surface area contributed by atoms with Crippen LogP contribution in [0.15, 0.2) is 0 Å². The molecule has 16 heavy (non-hydrogen) atoms. The van der Waals surface area contributed by atoms with Crippen molar-refractivity contribution in [2.45, 2.75) is 38.6 Å². The summed E-state index contributed by atoms with van der Waals surface area (Å²) < 4.78 is 0. The molecule has 0 aromatic rings. The van der Waals surface area contributed by atoms with Gasteiger partial charge in [0.25, 0.3) is 0 Å². The van der Waals surface area contributed by atoms with Gasteiger partial charge in [-0.2, -0.15) is 0 Å². The third-order valence-electron chi connectivity index (χ3n) is 3.26. The zero-order valence-corrected chi connectivity index (χ0v) is 9.74. The number of carbonyl (C=O) groups excluding carboxylic acids is 2. The quantitative estimate of drug-likeness (QED) is 0.617. The molecule has 1 saturated carbocycles. The van der Waals surface area contributed by atoms with Crippen molar-refractivity contribution in [2.75, 3.05) is 6.54 Å². The summed E-state index contributed by atoms with van der Waals surface area (Å²) >= 11 is 0. The van der Waals surface area contributed by atoms with E-state index in [1.54, 1.807) is 6.92 Å². The predicted molar refractivity (Wildman–Crippen MR) is 61.3 cm³/mol. The van der Waals surface area contributed by atoms with Crippen LogP contribution in [0.3, 0.4) is 0 Å². The van der Waals surface area contributed by atoms with Crippen molar-refractivity contribution in [3.05, 3.63) is 0 Å². The maximum Gasteiger partial charge on any atom is 0.224 e. The lowest BCUT2D eigenvalue weighted by molar-refractivity contribution is -0.127. The van der Waals surface area contributed by atoms with Crippen molar-refractivity contribution in [2.24, 2.45) is 23.3 Å². The van der Waals surface area contributed by atoms with Gasteiger partial charge >= 0.3 is 0 Å². The van der Waals surface area contributed by atoms with Crippen molar-refractivity contribution in [3.63, 3.8) is 0 Å². The molecule has 0 aromatic carbocycles. The minimum atomic E-state index is -0.314. The van der Waals surface area contributed by atoms with Gasteiger partial charge in [-0.1, -0.05) is 19.8 Å². The Labute approximate surface area is 95.9 Å². The fourth-order valence-electron chi connectivity index (χ4n) is 2.08. The van der Waals surface area contributed by atoms with E-state index in [9.17, 15) is 9.59 Å². The zero-order chi connectivity index (χ0) is 12.1. The fraction of sp³-hybridized carbons (Fsp3) is 0.818. The lowest BCUT2D eigenvalue weighted by atomic mass is 9.84. The number of nitrogens with one attached hydrogen (secondary N) is 1. The van der Waals surface area contributed by atoms with Crippen molar-refractivity contribution in [1.82, 2.24) is 5.32 Å². The second-order valence-corrected chi connectivity index (χ2v) is 4.55. The molecular weight excluding hydrogens is 206 g/mol. The summed E-state index contributed by atoms with van der Waals surface area (Å²) in [6.07, 6.45) is 3.64. The average molecular weight is 227 g/mol. The summed E-state index contributed by atoms with van der Waals surface area (Å²) in [6.45, 7) is 2.09. The van der Waals surface area contributed by atoms with Crippen LogP contribution in [0, 0.1) is 11.8 Å². The summed E-state index contributed by atoms with van der Waals surface area (Å²) in [5.41, 5.74) is 10.7. The molecule has 3 atom stereocenters. The summed E-state index contributed by atoms with van der Waals surface area (Å²) in [5, 5.41) is 2.88. The smallest absolute Gasteiger partial charge is 0.224 e. The van der Waals surface area contributed by atoms with E-state index >= 15 is 0 Å². The number of hydrogen-bond donors (Lipinski definition) is 3. The molecule has 0 aromatic heterocycles. The van der Waals surface area contributed by atoms with Gasteiger partial charge in [0.1, 0.15) is 0 Å². The van der Waals surface area contributed by atoms with Crippen molar-refractivity contribution >= 4 is 11.8 Å². The number of rotatable bonds is 4. The number of primary amides is 1. The Hall–Kier alpha value is -1.10. The molecule has 1 aliphatic rings. The van der Waals surface area contributed by atoms with Crippen LogP contribution >= 0.6 is 0 Å². The van der Waals surface area contributed by atoms with Crippen LogP contribution in [0.5, 0.6) is 0 Å².